The van der Waals surface area contributed by atoms with Gasteiger partial charge in [0.15, 0.2) is 5.82 Å². The van der Waals surface area contributed by atoms with Crippen LogP contribution in [0.1, 0.15) is 13.8 Å². The highest BCUT2D eigenvalue weighted by Gasteiger charge is 2.22. The van der Waals surface area contributed by atoms with E-state index < -0.39 is 5.76 Å². The molecule has 1 N–H and O–H groups in total. The summed E-state index contributed by atoms with van der Waals surface area (Å²) in [4.78, 5) is 34.6. The molecule has 1 aliphatic rings. The molecule has 1 aliphatic heterocycles. The molecular formula is C17H24N6O4. The van der Waals surface area contributed by atoms with E-state index in [-0.39, 0.29) is 30.2 Å². The van der Waals surface area contributed by atoms with Gasteiger partial charge in [-0.1, -0.05) is 19.0 Å². The summed E-state index contributed by atoms with van der Waals surface area (Å²) >= 11 is 0. The lowest BCUT2D eigenvalue weighted by Crippen LogP contribution is -2.48. The number of morpholine rings is 1. The Morgan fingerprint density at radius 3 is 2.89 bits per heavy atom. The minimum absolute atomic E-state index is 0.0717. The lowest BCUT2D eigenvalue weighted by Gasteiger charge is -2.33. The molecule has 10 heteroatoms. The van der Waals surface area contributed by atoms with Gasteiger partial charge in [-0.25, -0.2) is 19.3 Å². The Kier molecular flexibility index (Phi) is 6.30. The molecular weight excluding hydrogens is 352 g/mol. The van der Waals surface area contributed by atoms with Gasteiger partial charge < -0.3 is 10.1 Å². The average Bonchev–Trinajstić information content (AvgIpc) is 3.01. The normalized spacial score (nSPS) is 18.0. The van der Waals surface area contributed by atoms with Crippen LogP contribution in [-0.2, 0) is 16.1 Å². The Labute approximate surface area is 156 Å². The number of carbonyl (C=O) groups is 1. The fourth-order valence-corrected chi connectivity index (χ4v) is 3.00. The number of amides is 1. The van der Waals surface area contributed by atoms with E-state index in [0.717, 1.165) is 24.2 Å². The van der Waals surface area contributed by atoms with E-state index in [4.69, 9.17) is 4.74 Å². The number of rotatable bonds is 7. The Morgan fingerprint density at radius 2 is 2.15 bits per heavy atom. The van der Waals surface area contributed by atoms with E-state index in [1.807, 2.05) is 0 Å². The SMILES string of the molecule is CC(C)CN1CCOC(CNC(=O)Cn2c(-c3ncccn3)noc2=O)C1. The minimum Gasteiger partial charge on any atom is -0.374 e. The van der Waals surface area contributed by atoms with Crippen LogP contribution in [0.3, 0.4) is 0 Å². The molecule has 0 aliphatic carbocycles. The van der Waals surface area contributed by atoms with Crippen LogP contribution in [0.5, 0.6) is 0 Å². The van der Waals surface area contributed by atoms with E-state index in [9.17, 15) is 9.59 Å². The fraction of sp³-hybridized carbons (Fsp3) is 0.588. The zero-order valence-electron chi connectivity index (χ0n) is 15.5. The van der Waals surface area contributed by atoms with Gasteiger partial charge in [-0.3, -0.25) is 14.2 Å². The first kappa shape index (κ1) is 19.2. The Morgan fingerprint density at radius 1 is 1.37 bits per heavy atom. The van der Waals surface area contributed by atoms with Crippen molar-refractivity contribution in [3.63, 3.8) is 0 Å². The third kappa shape index (κ3) is 5.20. The minimum atomic E-state index is -0.732. The van der Waals surface area contributed by atoms with Crippen LogP contribution < -0.4 is 11.1 Å². The predicted molar refractivity (Wildman–Crippen MR) is 95.8 cm³/mol. The van der Waals surface area contributed by atoms with E-state index >= 15 is 0 Å². The highest BCUT2D eigenvalue weighted by atomic mass is 16.5. The molecule has 1 unspecified atom stereocenters. The smallest absolute Gasteiger partial charge is 0.374 e. The summed E-state index contributed by atoms with van der Waals surface area (Å²) in [7, 11) is 0. The maximum absolute atomic E-state index is 12.3. The van der Waals surface area contributed by atoms with Crippen molar-refractivity contribution in [3.8, 4) is 11.6 Å². The lowest BCUT2D eigenvalue weighted by molar-refractivity contribution is -0.123. The fourth-order valence-electron chi connectivity index (χ4n) is 3.00. The van der Waals surface area contributed by atoms with Gasteiger partial charge in [0.05, 0.1) is 12.7 Å². The third-order valence-electron chi connectivity index (χ3n) is 4.13. The Balaban J connectivity index is 1.56. The van der Waals surface area contributed by atoms with Gasteiger partial charge in [0.2, 0.25) is 11.7 Å². The van der Waals surface area contributed by atoms with Crippen molar-refractivity contribution in [2.45, 2.75) is 26.5 Å². The van der Waals surface area contributed by atoms with Crippen molar-refractivity contribution in [2.24, 2.45) is 5.92 Å². The molecule has 10 nitrogen and oxygen atoms in total. The molecule has 3 heterocycles. The summed E-state index contributed by atoms with van der Waals surface area (Å²) in [6.07, 6.45) is 2.97. The zero-order valence-corrected chi connectivity index (χ0v) is 15.5. The molecule has 0 aromatic carbocycles. The second-order valence-electron chi connectivity index (χ2n) is 6.88. The number of nitrogens with one attached hydrogen (secondary N) is 1. The molecule has 27 heavy (non-hydrogen) atoms. The molecule has 0 spiro atoms. The van der Waals surface area contributed by atoms with Crippen molar-refractivity contribution in [3.05, 3.63) is 29.0 Å². The second kappa shape index (κ2) is 8.87. The number of ether oxygens (including phenoxy) is 1. The summed E-state index contributed by atoms with van der Waals surface area (Å²) in [5.41, 5.74) is 0. The number of hydrogen-bond donors (Lipinski definition) is 1. The molecule has 0 radical (unpaired) electrons. The first-order valence-corrected chi connectivity index (χ1v) is 8.97. The van der Waals surface area contributed by atoms with Crippen molar-refractivity contribution in [1.29, 1.82) is 0 Å². The van der Waals surface area contributed by atoms with Crippen molar-refractivity contribution < 1.29 is 14.1 Å². The molecule has 0 saturated carbocycles. The quantitative estimate of drug-likeness (QED) is 0.704. The third-order valence-corrected chi connectivity index (χ3v) is 4.13. The van der Waals surface area contributed by atoms with Gasteiger partial charge in [-0.05, 0) is 12.0 Å². The van der Waals surface area contributed by atoms with E-state index in [1.165, 1.54) is 12.4 Å². The summed E-state index contributed by atoms with van der Waals surface area (Å²) in [5, 5.41) is 6.48. The first-order chi connectivity index (χ1) is 13.0. The van der Waals surface area contributed by atoms with Crippen LogP contribution >= 0.6 is 0 Å². The van der Waals surface area contributed by atoms with Crippen LogP contribution in [-0.4, -0.2) is 69.4 Å². The highest BCUT2D eigenvalue weighted by molar-refractivity contribution is 5.76. The molecule has 0 bridgehead atoms. The van der Waals surface area contributed by atoms with Gasteiger partial charge in [0.25, 0.3) is 0 Å². The average molecular weight is 376 g/mol. The maximum atomic E-state index is 12.3. The van der Waals surface area contributed by atoms with Crippen LogP contribution in [0.4, 0.5) is 0 Å². The van der Waals surface area contributed by atoms with Gasteiger partial charge in [-0.15, -0.1) is 0 Å². The summed E-state index contributed by atoms with van der Waals surface area (Å²) in [6, 6.07) is 1.64. The summed E-state index contributed by atoms with van der Waals surface area (Å²) in [6.45, 7) is 7.84. The topological polar surface area (TPSA) is 115 Å². The number of aromatic nitrogens is 4. The second-order valence-corrected chi connectivity index (χ2v) is 6.88. The molecule has 2 aromatic heterocycles. The van der Waals surface area contributed by atoms with Crippen LogP contribution in [0.25, 0.3) is 11.6 Å². The van der Waals surface area contributed by atoms with Crippen molar-refractivity contribution >= 4 is 5.91 Å². The van der Waals surface area contributed by atoms with Crippen LogP contribution in [0, 0.1) is 5.92 Å². The largest absolute Gasteiger partial charge is 0.442 e. The van der Waals surface area contributed by atoms with E-state index in [0.29, 0.717) is 19.1 Å². The van der Waals surface area contributed by atoms with Gasteiger partial charge >= 0.3 is 5.76 Å². The molecule has 1 amide bonds. The summed E-state index contributed by atoms with van der Waals surface area (Å²) in [5.74, 6) is -0.145. The van der Waals surface area contributed by atoms with Gasteiger partial charge in [0, 0.05) is 38.6 Å². The predicted octanol–water partition coefficient (Wildman–Crippen LogP) is -0.234. The number of carbonyl (C=O) groups excluding carboxylic acids is 1. The van der Waals surface area contributed by atoms with Crippen molar-refractivity contribution in [1.82, 2.24) is 29.9 Å². The number of hydrogen-bond acceptors (Lipinski definition) is 8. The van der Waals surface area contributed by atoms with E-state index in [2.05, 4.69) is 43.7 Å². The zero-order chi connectivity index (χ0) is 19.2. The first-order valence-electron chi connectivity index (χ1n) is 8.97. The molecule has 1 atom stereocenters. The molecule has 1 fully saturated rings. The molecule has 2 aromatic rings. The van der Waals surface area contributed by atoms with Gasteiger partial charge in [-0.2, -0.15) is 0 Å². The monoisotopic (exact) mass is 376 g/mol. The summed E-state index contributed by atoms with van der Waals surface area (Å²) < 4.78 is 11.5. The van der Waals surface area contributed by atoms with E-state index in [1.54, 1.807) is 6.07 Å². The molecule has 146 valence electrons. The Bertz CT molecular complexity index is 803. The molecule has 3 rings (SSSR count). The van der Waals surface area contributed by atoms with Crippen LogP contribution in [0.15, 0.2) is 27.8 Å². The molecule has 1 saturated heterocycles. The Hall–Kier alpha value is -2.59. The maximum Gasteiger partial charge on any atom is 0.442 e. The standard InChI is InChI=1S/C17H24N6O4/c1-12(2)9-22-6-7-26-13(10-22)8-20-14(24)11-23-16(21-27-17(23)25)15-18-4-3-5-19-15/h3-5,12-13H,6-11H2,1-2H3,(H,20,24). The highest BCUT2D eigenvalue weighted by Crippen LogP contribution is 2.09. The number of nitrogens with zero attached hydrogens (tertiary/aromatic N) is 5. The lowest BCUT2D eigenvalue weighted by atomic mass is 10.2. The van der Waals surface area contributed by atoms with Crippen LogP contribution in [0.2, 0.25) is 0 Å². The van der Waals surface area contributed by atoms with Gasteiger partial charge in [0.1, 0.15) is 6.54 Å². The van der Waals surface area contributed by atoms with Crippen molar-refractivity contribution in [2.75, 3.05) is 32.8 Å².